The van der Waals surface area contributed by atoms with Gasteiger partial charge in [-0.3, -0.25) is 0 Å². The second-order valence-corrected chi connectivity index (χ2v) is 1.92. The van der Waals surface area contributed by atoms with Crippen LogP contribution in [0.1, 0.15) is 1.43 Å². The van der Waals surface area contributed by atoms with E-state index >= 15 is 0 Å². The summed E-state index contributed by atoms with van der Waals surface area (Å²) >= 11 is 15.6. The molecule has 0 saturated heterocycles. The van der Waals surface area contributed by atoms with Gasteiger partial charge < -0.3 is 11.6 Å². The largest absolute Gasteiger partial charge is 1.00 e. The van der Waals surface area contributed by atoms with E-state index in [0.717, 1.165) is 0 Å². The van der Waals surface area contributed by atoms with Crippen LogP contribution in [0.5, 0.6) is 0 Å². The van der Waals surface area contributed by atoms with Crippen LogP contribution in [-0.2, 0) is 0 Å². The molecule has 0 aromatic heterocycles. The summed E-state index contributed by atoms with van der Waals surface area (Å²) in [5.74, 6) is 1.71. The Labute approximate surface area is 53.9 Å². The van der Waals surface area contributed by atoms with Crippen LogP contribution in [0.4, 0.5) is 0 Å². The van der Waals surface area contributed by atoms with E-state index < -0.39 is 0 Å². The van der Waals surface area contributed by atoms with Gasteiger partial charge in [-0.2, -0.15) is 11.6 Å². The van der Waals surface area contributed by atoms with Crippen molar-refractivity contribution in [3.05, 3.63) is 5.88 Å². The average molecular weight is 147 g/mol. The Morgan fingerprint density at radius 3 is 2.33 bits per heavy atom. The molecule has 0 fully saturated rings. The molecule has 0 aromatic carbocycles. The zero-order valence-electron chi connectivity index (χ0n) is 4.00. The molecule has 0 bridgehead atoms. The van der Waals surface area contributed by atoms with Gasteiger partial charge in [0.05, 0.1) is 0 Å². The van der Waals surface area contributed by atoms with Crippen molar-refractivity contribution in [2.24, 2.45) is 0 Å². The van der Waals surface area contributed by atoms with Gasteiger partial charge in [-0.25, -0.2) is 5.88 Å². The topological polar surface area (TPSA) is 0 Å². The third-order valence-electron chi connectivity index (χ3n) is 0.284. The fraction of sp³-hybridized carbons (Fsp3) is 0.667. The molecule has 0 rings (SSSR count). The van der Waals surface area contributed by atoms with Gasteiger partial charge in [0.25, 0.3) is 0 Å². The van der Waals surface area contributed by atoms with E-state index in [1.165, 1.54) is 5.88 Å². The fourth-order valence-corrected chi connectivity index (χ4v) is 0.303. The van der Waals surface area contributed by atoms with Crippen LogP contribution in [0, 0.1) is 5.88 Å². The van der Waals surface area contributed by atoms with E-state index in [2.05, 4.69) is 0 Å². The summed E-state index contributed by atoms with van der Waals surface area (Å²) in [5.41, 5.74) is 0. The quantitative estimate of drug-likeness (QED) is 0.415. The van der Waals surface area contributed by atoms with Gasteiger partial charge in [0.1, 0.15) is 0 Å². The third kappa shape index (κ3) is 3.08. The lowest BCUT2D eigenvalue weighted by molar-refractivity contribution is 1.21. The maximum Gasteiger partial charge on any atom is 1.00 e. The van der Waals surface area contributed by atoms with Gasteiger partial charge in [0.2, 0.25) is 0 Å². The Morgan fingerprint density at radius 2 is 2.33 bits per heavy atom. The van der Waals surface area contributed by atoms with Crippen LogP contribution in [0.15, 0.2) is 0 Å². The SMILES string of the molecule is Cl[CH-][C@H](Cl)CCl.[H+]. The second kappa shape index (κ2) is 4.04. The molecule has 0 spiro atoms. The molecule has 3 heteroatoms. The van der Waals surface area contributed by atoms with Crippen molar-refractivity contribution in [1.82, 2.24) is 0 Å². The van der Waals surface area contributed by atoms with Gasteiger partial charge in [-0.05, 0) is 0 Å². The molecule has 0 unspecified atom stereocenters. The lowest BCUT2D eigenvalue weighted by atomic mass is 10.6. The minimum Gasteiger partial charge on any atom is -0.348 e. The van der Waals surface area contributed by atoms with E-state index in [1.54, 1.807) is 0 Å². The van der Waals surface area contributed by atoms with E-state index in [-0.39, 0.29) is 6.80 Å². The molecule has 0 heterocycles. The Hall–Kier alpha value is 0.870. The number of hydrogen-bond acceptors (Lipinski definition) is 0. The first-order valence-corrected chi connectivity index (χ1v) is 2.85. The standard InChI is InChI=1S/C3H4Cl3/c4-1-3(6)2-5/h1,3H,2H2/q-1/p+1/t3-/m0/s1. The Balaban J connectivity index is 0. The highest BCUT2D eigenvalue weighted by Crippen LogP contribution is 2.04. The van der Waals surface area contributed by atoms with E-state index in [1.807, 2.05) is 0 Å². The van der Waals surface area contributed by atoms with Gasteiger partial charge >= 0.3 is 1.43 Å². The minimum atomic E-state index is -0.187. The molecule has 38 valence electrons. The maximum atomic E-state index is 5.33. The summed E-state index contributed by atoms with van der Waals surface area (Å²) in [6, 6.07) is 0. The number of hydrogen-bond donors (Lipinski definition) is 0. The number of alkyl halides is 2. The monoisotopic (exact) mass is 146 g/mol. The molecule has 0 aliphatic carbocycles. The van der Waals surface area contributed by atoms with Crippen molar-refractivity contribution in [2.45, 2.75) is 5.38 Å². The average Bonchev–Trinajstić information content (AvgIpc) is 1.65. The van der Waals surface area contributed by atoms with E-state index in [4.69, 9.17) is 34.8 Å². The highest BCUT2D eigenvalue weighted by molar-refractivity contribution is 6.35. The predicted octanol–water partition coefficient (Wildman–Crippen LogP) is 2.35. The van der Waals surface area contributed by atoms with Crippen LogP contribution in [0.25, 0.3) is 0 Å². The summed E-state index contributed by atoms with van der Waals surface area (Å²) in [7, 11) is 0. The Bertz CT molecular complexity index is 29.4. The molecule has 0 aliphatic heterocycles. The Kier molecular flexibility index (Phi) is 4.63. The lowest BCUT2D eigenvalue weighted by Gasteiger charge is -2.05. The van der Waals surface area contributed by atoms with Crippen LogP contribution < -0.4 is 0 Å². The second-order valence-electron chi connectivity index (χ2n) is 0.796. The normalized spacial score (nSPS) is 14.5. The number of halogens is 3. The summed E-state index contributed by atoms with van der Waals surface area (Å²) in [4.78, 5) is 0. The number of rotatable bonds is 2. The first kappa shape index (κ1) is 6.87. The van der Waals surface area contributed by atoms with Gasteiger partial charge in [0.15, 0.2) is 0 Å². The predicted molar refractivity (Wildman–Crippen MR) is 31.6 cm³/mol. The fourth-order valence-electron chi connectivity index (χ4n) is 0.0337. The smallest absolute Gasteiger partial charge is 0.348 e. The van der Waals surface area contributed by atoms with Crippen molar-refractivity contribution in [1.29, 1.82) is 0 Å². The molecular formula is C3H5Cl3. The maximum absolute atomic E-state index is 5.33. The molecule has 0 amide bonds. The first-order chi connectivity index (χ1) is 2.81. The van der Waals surface area contributed by atoms with Crippen molar-refractivity contribution < 1.29 is 1.43 Å². The molecule has 6 heavy (non-hydrogen) atoms. The minimum absolute atomic E-state index is 0. The highest BCUT2D eigenvalue weighted by atomic mass is 35.5. The Morgan fingerprint density at radius 1 is 1.83 bits per heavy atom. The molecule has 0 aliphatic rings. The third-order valence-corrected chi connectivity index (χ3v) is 1.49. The van der Waals surface area contributed by atoms with Gasteiger partial charge in [-0.15, -0.1) is 11.6 Å². The first-order valence-electron chi connectivity index (χ1n) is 1.45. The van der Waals surface area contributed by atoms with Gasteiger partial charge in [0, 0.05) is 5.88 Å². The van der Waals surface area contributed by atoms with Crippen molar-refractivity contribution in [3.8, 4) is 0 Å². The zero-order valence-corrected chi connectivity index (χ0v) is 5.26. The summed E-state index contributed by atoms with van der Waals surface area (Å²) in [6.07, 6.45) is 0. The van der Waals surface area contributed by atoms with Crippen LogP contribution in [0.2, 0.25) is 0 Å². The van der Waals surface area contributed by atoms with Crippen molar-refractivity contribution in [3.63, 3.8) is 0 Å². The summed E-state index contributed by atoms with van der Waals surface area (Å²) < 4.78 is 0. The molecule has 0 aromatic rings. The summed E-state index contributed by atoms with van der Waals surface area (Å²) in [5, 5.41) is -0.187. The van der Waals surface area contributed by atoms with Gasteiger partial charge in [-0.1, -0.05) is 5.38 Å². The summed E-state index contributed by atoms with van der Waals surface area (Å²) in [6.45, 7) is 0. The van der Waals surface area contributed by atoms with Crippen molar-refractivity contribution in [2.75, 3.05) is 5.88 Å². The molecule has 1 atom stereocenters. The van der Waals surface area contributed by atoms with Crippen LogP contribution in [-0.4, -0.2) is 11.3 Å². The van der Waals surface area contributed by atoms with Crippen molar-refractivity contribution >= 4 is 34.8 Å². The lowest BCUT2D eigenvalue weighted by Crippen LogP contribution is -1.94. The van der Waals surface area contributed by atoms with Crippen LogP contribution in [0.3, 0.4) is 0 Å². The molecule has 0 saturated carbocycles. The molecule has 0 N–H and O–H groups in total. The van der Waals surface area contributed by atoms with E-state index in [0.29, 0.717) is 5.88 Å². The zero-order chi connectivity index (χ0) is 4.99. The molecule has 0 nitrogen and oxygen atoms in total. The van der Waals surface area contributed by atoms with Crippen LogP contribution >= 0.6 is 34.8 Å². The highest BCUT2D eigenvalue weighted by Gasteiger charge is 1.83. The molecule has 0 radical (unpaired) electrons. The molecular weight excluding hydrogens is 142 g/mol. The van der Waals surface area contributed by atoms with E-state index in [9.17, 15) is 0 Å².